The zero-order valence-corrected chi connectivity index (χ0v) is 6.39. The van der Waals surface area contributed by atoms with Crippen molar-refractivity contribution in [2.75, 3.05) is 0 Å². The van der Waals surface area contributed by atoms with Crippen molar-refractivity contribution in [3.05, 3.63) is 0 Å². The second-order valence-electron chi connectivity index (χ2n) is 0. The van der Waals surface area contributed by atoms with E-state index in [-0.39, 0.29) is 53.0 Å². The van der Waals surface area contributed by atoms with Crippen molar-refractivity contribution in [3.63, 3.8) is 0 Å². The zero-order valence-electron chi connectivity index (χ0n) is 2.22. The first-order valence-corrected chi connectivity index (χ1v) is 0. The van der Waals surface area contributed by atoms with Crippen LogP contribution in [0.1, 0.15) is 0 Å². The van der Waals surface area contributed by atoms with E-state index in [1.165, 1.54) is 0 Å². The molecule has 0 saturated carbocycles. The minimum Gasteiger partial charge on any atom is -2.00 e. The van der Waals surface area contributed by atoms with Crippen LogP contribution in [0.2, 0.25) is 0 Å². The van der Waals surface area contributed by atoms with Gasteiger partial charge < -0.3 is 21.9 Å². The fraction of sp³-hybridized carbons (Fsp3) is 0. The van der Waals surface area contributed by atoms with Crippen molar-refractivity contribution in [2.24, 2.45) is 0 Å². The van der Waals surface area contributed by atoms with Gasteiger partial charge in [-0.3, -0.25) is 0 Å². The molecule has 0 bridgehead atoms. The third-order valence-electron chi connectivity index (χ3n) is 0. The van der Waals surface area contributed by atoms with Crippen molar-refractivity contribution in [3.8, 4) is 0 Å². The minimum absolute atomic E-state index is 0. The largest absolute Gasteiger partial charge is 6.00 e. The maximum Gasteiger partial charge on any atom is 6.00 e. The molecule has 0 saturated heterocycles. The van der Waals surface area contributed by atoms with E-state index >= 15 is 0 Å². The molecular formula is H2O4U. The molecular weight excluding hydrogens is 302 g/mol. The van der Waals surface area contributed by atoms with E-state index in [0.29, 0.717) is 0 Å². The van der Waals surface area contributed by atoms with Crippen LogP contribution in [-0.2, 0) is 16.4 Å². The Morgan fingerprint density at radius 1 is 0.600 bits per heavy atom. The Morgan fingerprint density at radius 2 is 0.600 bits per heavy atom. The molecule has 0 amide bonds. The molecule has 0 heterocycles. The van der Waals surface area contributed by atoms with Crippen LogP contribution < -0.4 is 0 Å². The second kappa shape index (κ2) is 93.1. The van der Waals surface area contributed by atoms with Crippen LogP contribution in [0, 0.1) is 31.1 Å². The van der Waals surface area contributed by atoms with E-state index in [9.17, 15) is 0 Å². The van der Waals surface area contributed by atoms with Gasteiger partial charge in [-0.15, -0.1) is 0 Å². The van der Waals surface area contributed by atoms with Gasteiger partial charge in [0.25, 0.3) is 0 Å². The fourth-order valence-corrected chi connectivity index (χ4v) is 0. The quantitative estimate of drug-likeness (QED) is 0.535. The third-order valence-corrected chi connectivity index (χ3v) is 0. The van der Waals surface area contributed by atoms with Gasteiger partial charge in [0.2, 0.25) is 0 Å². The van der Waals surface area contributed by atoms with E-state index < -0.39 is 0 Å². The predicted octanol–water partition coefficient (Wildman–Crippen LogP) is -1.18. The van der Waals surface area contributed by atoms with Crippen LogP contribution in [0.25, 0.3) is 0 Å². The maximum atomic E-state index is 0. The Kier molecular flexibility index (Phi) is 3300. The van der Waals surface area contributed by atoms with Crippen molar-refractivity contribution < 1.29 is 53.0 Å². The van der Waals surface area contributed by atoms with Gasteiger partial charge in [-0.25, -0.2) is 0 Å². The monoisotopic (exact) mass is 304 g/mol. The number of hydrogen-bond acceptors (Lipinski definition) is 0. The minimum atomic E-state index is 0. The topological polar surface area (TPSA) is 117 Å². The molecule has 0 aromatic heterocycles. The van der Waals surface area contributed by atoms with Crippen LogP contribution in [-0.4, -0.2) is 5.48 Å². The Morgan fingerprint density at radius 3 is 0.600 bits per heavy atom. The molecule has 0 aliphatic carbocycles. The van der Waals surface area contributed by atoms with Gasteiger partial charge in [0, 0.05) is 0 Å². The number of hydrogen-bond donors (Lipinski definition) is 0. The third kappa shape index (κ3) is 51.4. The molecule has 30 valence electrons. The van der Waals surface area contributed by atoms with E-state index in [0.717, 1.165) is 0 Å². The molecule has 0 radical (unpaired) electrons. The van der Waals surface area contributed by atoms with Crippen molar-refractivity contribution >= 4 is 0 Å². The van der Waals surface area contributed by atoms with E-state index in [1.807, 2.05) is 0 Å². The summed E-state index contributed by atoms with van der Waals surface area (Å²) in [7, 11) is 0. The van der Waals surface area contributed by atoms with E-state index in [4.69, 9.17) is 0 Å². The number of rotatable bonds is 0. The molecule has 0 aromatic rings. The van der Waals surface area contributed by atoms with Crippen LogP contribution >= 0.6 is 0 Å². The summed E-state index contributed by atoms with van der Waals surface area (Å²) in [6.45, 7) is 0. The Bertz CT molecular complexity index is 3.61. The molecule has 2 N–H and O–H groups in total. The van der Waals surface area contributed by atoms with Gasteiger partial charge in [-0.1, -0.05) is 0 Å². The molecule has 0 aliphatic rings. The average molecular weight is 304 g/mol. The van der Waals surface area contributed by atoms with Crippen molar-refractivity contribution in [1.82, 2.24) is 0 Å². The summed E-state index contributed by atoms with van der Waals surface area (Å²) < 4.78 is 0. The van der Waals surface area contributed by atoms with Gasteiger partial charge in [-0.2, -0.15) is 0 Å². The molecule has 0 rings (SSSR count). The molecule has 0 unspecified atom stereocenters. The molecule has 0 spiro atoms. The molecule has 4 nitrogen and oxygen atoms in total. The summed E-state index contributed by atoms with van der Waals surface area (Å²) in [6.07, 6.45) is 0. The first-order chi connectivity index (χ1) is 0. The summed E-state index contributed by atoms with van der Waals surface area (Å²) in [5.41, 5.74) is 0. The van der Waals surface area contributed by atoms with Gasteiger partial charge in [0.05, 0.1) is 0 Å². The second-order valence-corrected chi connectivity index (χ2v) is 0. The zero-order chi connectivity index (χ0) is 0. The summed E-state index contributed by atoms with van der Waals surface area (Å²) in [6, 6.07) is 0. The molecule has 5 heteroatoms. The van der Waals surface area contributed by atoms with E-state index in [2.05, 4.69) is 0 Å². The van der Waals surface area contributed by atoms with Crippen LogP contribution in [0.15, 0.2) is 0 Å². The van der Waals surface area contributed by atoms with Crippen LogP contribution in [0.5, 0.6) is 0 Å². The smallest absolute Gasteiger partial charge is 2.00 e. The summed E-state index contributed by atoms with van der Waals surface area (Å²) in [5.74, 6) is 0. The first kappa shape index (κ1) is 177. The average Bonchev–Trinajstić information content (AvgIpc) is 0. The molecule has 0 fully saturated rings. The predicted molar refractivity (Wildman–Crippen MR) is 5.67 cm³/mol. The summed E-state index contributed by atoms with van der Waals surface area (Å²) in [5, 5.41) is 0. The van der Waals surface area contributed by atoms with Crippen molar-refractivity contribution in [1.29, 1.82) is 0 Å². The van der Waals surface area contributed by atoms with Gasteiger partial charge in [0.1, 0.15) is 0 Å². The van der Waals surface area contributed by atoms with Crippen molar-refractivity contribution in [2.45, 2.75) is 0 Å². The summed E-state index contributed by atoms with van der Waals surface area (Å²) in [4.78, 5) is 0. The summed E-state index contributed by atoms with van der Waals surface area (Å²) >= 11 is 0. The van der Waals surface area contributed by atoms with Gasteiger partial charge in [-0.05, 0) is 0 Å². The molecule has 0 aromatic carbocycles. The fourth-order valence-electron chi connectivity index (χ4n) is 0. The molecule has 0 atom stereocenters. The standard InChI is InChI=1S/H2O.3O.U/h1H2;;;;/q;3*-2;+6. The maximum absolute atomic E-state index is 0. The first-order valence-electron chi connectivity index (χ1n) is 0. The Hall–Kier alpha value is 0.892. The Labute approximate surface area is 53.2 Å². The SMILES string of the molecule is O.[O-2].[O-2].[O-2].[U+6]. The molecule has 5 heavy (non-hydrogen) atoms. The van der Waals surface area contributed by atoms with Gasteiger partial charge in [0.15, 0.2) is 0 Å². The van der Waals surface area contributed by atoms with Gasteiger partial charge >= 0.3 is 31.1 Å². The molecule has 0 aliphatic heterocycles. The normalized spacial score (nSPS) is 0. The Balaban J connectivity index is 0. The van der Waals surface area contributed by atoms with Crippen LogP contribution in [0.3, 0.4) is 0 Å². The van der Waals surface area contributed by atoms with E-state index in [1.54, 1.807) is 0 Å². The van der Waals surface area contributed by atoms with Crippen LogP contribution in [0.4, 0.5) is 0 Å².